The Balaban J connectivity index is 1.92. The number of ketones is 1. The maximum absolute atomic E-state index is 14.4. The molecule has 134 valence electrons. The lowest BCUT2D eigenvalue weighted by molar-refractivity contribution is -0.136. The van der Waals surface area contributed by atoms with E-state index in [0.717, 1.165) is 23.3 Å². The van der Waals surface area contributed by atoms with Gasteiger partial charge in [0.15, 0.2) is 5.78 Å². The minimum absolute atomic E-state index is 0.0125. The number of aliphatic carboxylic acids is 1. The molecule has 0 spiro atoms. The van der Waals surface area contributed by atoms with Gasteiger partial charge in [-0.3, -0.25) is 14.5 Å². The molecule has 1 aliphatic heterocycles. The van der Waals surface area contributed by atoms with Crippen LogP contribution < -0.4 is 0 Å². The van der Waals surface area contributed by atoms with Crippen LogP contribution in [0.3, 0.4) is 0 Å². The average Bonchev–Trinajstić information content (AvgIpc) is 3.41. The van der Waals surface area contributed by atoms with Crippen LogP contribution in [0.5, 0.6) is 0 Å². The van der Waals surface area contributed by atoms with Crippen molar-refractivity contribution in [1.29, 1.82) is 0 Å². The molecule has 1 aromatic rings. The second-order valence-electron chi connectivity index (χ2n) is 6.62. The Labute approximate surface area is 151 Å². The van der Waals surface area contributed by atoms with Gasteiger partial charge in [-0.05, 0) is 42.1 Å². The summed E-state index contributed by atoms with van der Waals surface area (Å²) in [5, 5.41) is 9.18. The lowest BCUT2D eigenvalue weighted by Crippen LogP contribution is -2.40. The van der Waals surface area contributed by atoms with Crippen LogP contribution >= 0.6 is 11.8 Å². The molecule has 4 nitrogen and oxygen atoms in total. The number of rotatable bonds is 7. The van der Waals surface area contributed by atoms with Crippen molar-refractivity contribution in [3.8, 4) is 0 Å². The lowest BCUT2D eigenvalue weighted by atomic mass is 9.94. The number of carboxylic acid groups (broad SMARTS) is 1. The van der Waals surface area contributed by atoms with Crippen molar-refractivity contribution >= 4 is 23.5 Å². The molecule has 1 atom stereocenters. The highest BCUT2D eigenvalue weighted by Gasteiger charge is 2.40. The van der Waals surface area contributed by atoms with Crippen molar-refractivity contribution in [2.45, 2.75) is 31.7 Å². The minimum Gasteiger partial charge on any atom is -0.481 e. The van der Waals surface area contributed by atoms with Gasteiger partial charge in [-0.25, -0.2) is 4.39 Å². The Morgan fingerprint density at radius 3 is 2.68 bits per heavy atom. The molecule has 1 saturated carbocycles. The monoisotopic (exact) mass is 363 g/mol. The van der Waals surface area contributed by atoms with Gasteiger partial charge in [0, 0.05) is 24.6 Å². The molecule has 1 aromatic carbocycles. The van der Waals surface area contributed by atoms with Crippen LogP contribution in [0.1, 0.15) is 37.3 Å². The first-order chi connectivity index (χ1) is 12.0. The second kappa shape index (κ2) is 7.70. The summed E-state index contributed by atoms with van der Waals surface area (Å²) in [7, 11) is 0. The van der Waals surface area contributed by atoms with Gasteiger partial charge in [0.05, 0.1) is 12.5 Å². The Morgan fingerprint density at radius 1 is 1.36 bits per heavy atom. The number of thioether (sulfide) groups is 1. The molecule has 0 bridgehead atoms. The summed E-state index contributed by atoms with van der Waals surface area (Å²) in [5.41, 5.74) is 1.23. The predicted octanol–water partition coefficient (Wildman–Crippen LogP) is 3.64. The van der Waals surface area contributed by atoms with Gasteiger partial charge in [0.2, 0.25) is 0 Å². The molecule has 25 heavy (non-hydrogen) atoms. The molecule has 0 saturated heterocycles. The smallest absolute Gasteiger partial charge is 0.307 e. The van der Waals surface area contributed by atoms with Gasteiger partial charge < -0.3 is 5.11 Å². The van der Waals surface area contributed by atoms with Crippen molar-refractivity contribution in [1.82, 2.24) is 4.90 Å². The van der Waals surface area contributed by atoms with Gasteiger partial charge in [-0.2, -0.15) is 0 Å². The minimum atomic E-state index is -0.876. The molecular formula is C19H22FNO3S. The molecule has 1 unspecified atom stereocenters. The number of carboxylic acids is 1. The van der Waals surface area contributed by atoms with Gasteiger partial charge in [0.1, 0.15) is 5.82 Å². The average molecular weight is 363 g/mol. The number of benzene rings is 1. The molecular weight excluding hydrogens is 341 g/mol. The standard InChI is InChI=1S/C19H22FNO3S/c1-25-16-8-9-21(11-13(16)10-17(22)23)18(19(24)12-6-7-12)14-4-2-3-5-15(14)20/h2-5,12,18H,6-11H2,1H3,(H,22,23). The van der Waals surface area contributed by atoms with E-state index < -0.39 is 12.0 Å². The highest BCUT2D eigenvalue weighted by Crippen LogP contribution is 2.40. The molecule has 3 rings (SSSR count). The van der Waals surface area contributed by atoms with E-state index in [1.165, 1.54) is 6.07 Å². The van der Waals surface area contributed by atoms with Crippen molar-refractivity contribution in [2.75, 3.05) is 19.3 Å². The Bertz CT molecular complexity index is 714. The molecule has 0 aromatic heterocycles. The van der Waals surface area contributed by atoms with E-state index in [4.69, 9.17) is 0 Å². The Hall–Kier alpha value is -1.66. The number of hydrogen-bond acceptors (Lipinski definition) is 4. The van der Waals surface area contributed by atoms with E-state index in [2.05, 4.69) is 0 Å². The van der Waals surface area contributed by atoms with Crippen LogP contribution in [0, 0.1) is 11.7 Å². The first-order valence-corrected chi connectivity index (χ1v) is 9.72. The zero-order valence-electron chi connectivity index (χ0n) is 14.2. The summed E-state index contributed by atoms with van der Waals surface area (Å²) >= 11 is 1.57. The summed E-state index contributed by atoms with van der Waals surface area (Å²) in [6.07, 6.45) is 4.34. The van der Waals surface area contributed by atoms with E-state index in [0.29, 0.717) is 25.1 Å². The normalized spacial score (nSPS) is 19.8. The number of carbonyl (C=O) groups excluding carboxylic acids is 1. The lowest BCUT2D eigenvalue weighted by Gasteiger charge is -2.36. The van der Waals surface area contributed by atoms with E-state index in [1.54, 1.807) is 30.0 Å². The van der Waals surface area contributed by atoms with Gasteiger partial charge in [-0.1, -0.05) is 18.2 Å². The molecule has 1 N–H and O–H groups in total. The quantitative estimate of drug-likeness (QED) is 0.801. The fourth-order valence-corrected chi connectivity index (χ4v) is 4.18. The molecule has 2 aliphatic rings. The summed E-state index contributed by atoms with van der Waals surface area (Å²) < 4.78 is 14.4. The first kappa shape index (κ1) is 18.1. The number of nitrogens with zero attached hydrogens (tertiary/aromatic N) is 1. The molecule has 1 fully saturated rings. The molecule has 0 amide bonds. The topological polar surface area (TPSA) is 57.6 Å². The van der Waals surface area contributed by atoms with Crippen LogP contribution in [-0.2, 0) is 9.59 Å². The van der Waals surface area contributed by atoms with Crippen molar-refractivity contribution < 1.29 is 19.1 Å². The fourth-order valence-electron chi connectivity index (χ4n) is 3.46. The maximum atomic E-state index is 14.4. The van der Waals surface area contributed by atoms with Crippen molar-refractivity contribution in [2.24, 2.45) is 5.92 Å². The van der Waals surface area contributed by atoms with Gasteiger partial charge >= 0.3 is 5.97 Å². The zero-order chi connectivity index (χ0) is 18.0. The van der Waals surface area contributed by atoms with Gasteiger partial charge in [-0.15, -0.1) is 11.8 Å². The third kappa shape index (κ3) is 4.12. The number of Topliss-reactive ketones (excluding diaryl/α,β-unsaturated/α-hetero) is 1. The number of carbonyl (C=O) groups is 2. The number of hydrogen-bond donors (Lipinski definition) is 1. The van der Waals surface area contributed by atoms with Crippen LogP contribution in [0.4, 0.5) is 4.39 Å². The van der Waals surface area contributed by atoms with Crippen LogP contribution in [0.15, 0.2) is 34.7 Å². The molecule has 1 aliphatic carbocycles. The molecule has 6 heteroatoms. The first-order valence-electron chi connectivity index (χ1n) is 8.50. The Morgan fingerprint density at radius 2 is 2.08 bits per heavy atom. The SMILES string of the molecule is CSC1=C(CC(=O)O)CN(C(C(=O)C2CC2)c2ccccc2F)CC1. The van der Waals surface area contributed by atoms with E-state index in [-0.39, 0.29) is 23.9 Å². The third-order valence-corrected chi connectivity index (χ3v) is 5.83. The van der Waals surface area contributed by atoms with Crippen molar-refractivity contribution in [3.05, 3.63) is 46.1 Å². The van der Waals surface area contributed by atoms with Crippen LogP contribution in [0.25, 0.3) is 0 Å². The maximum Gasteiger partial charge on any atom is 0.307 e. The summed E-state index contributed by atoms with van der Waals surface area (Å²) in [5.74, 6) is -1.17. The second-order valence-corrected chi connectivity index (χ2v) is 7.52. The van der Waals surface area contributed by atoms with Gasteiger partial charge in [0.25, 0.3) is 0 Å². The predicted molar refractivity (Wildman–Crippen MR) is 95.9 cm³/mol. The zero-order valence-corrected chi connectivity index (χ0v) is 15.0. The fraction of sp³-hybridized carbons (Fsp3) is 0.474. The van der Waals surface area contributed by atoms with E-state index in [9.17, 15) is 19.1 Å². The summed E-state index contributed by atoms with van der Waals surface area (Å²) in [6, 6.07) is 5.80. The highest BCUT2D eigenvalue weighted by atomic mass is 32.2. The molecule has 1 heterocycles. The van der Waals surface area contributed by atoms with E-state index in [1.807, 2.05) is 11.2 Å². The largest absolute Gasteiger partial charge is 0.481 e. The third-order valence-electron chi connectivity index (χ3n) is 4.84. The van der Waals surface area contributed by atoms with Crippen LogP contribution in [-0.4, -0.2) is 41.1 Å². The summed E-state index contributed by atoms with van der Waals surface area (Å²) in [4.78, 5) is 27.1. The van der Waals surface area contributed by atoms with E-state index >= 15 is 0 Å². The Kier molecular flexibility index (Phi) is 5.59. The molecule has 0 radical (unpaired) electrons. The van der Waals surface area contributed by atoms with Crippen molar-refractivity contribution in [3.63, 3.8) is 0 Å². The number of halogens is 1. The van der Waals surface area contributed by atoms with Crippen LogP contribution in [0.2, 0.25) is 0 Å². The highest BCUT2D eigenvalue weighted by molar-refractivity contribution is 8.02. The summed E-state index contributed by atoms with van der Waals surface area (Å²) in [6.45, 7) is 1.04.